The van der Waals surface area contributed by atoms with Crippen molar-refractivity contribution in [2.45, 2.75) is 13.0 Å². The maximum Gasteiger partial charge on any atom is 0.256 e. The number of methoxy groups -OCH3 is 1. The van der Waals surface area contributed by atoms with Crippen LogP contribution in [0.4, 0.5) is 4.39 Å². The van der Waals surface area contributed by atoms with Crippen LogP contribution in [0.2, 0.25) is 0 Å². The first-order chi connectivity index (χ1) is 10.9. The van der Waals surface area contributed by atoms with E-state index in [0.717, 1.165) is 4.90 Å². The van der Waals surface area contributed by atoms with Crippen molar-refractivity contribution in [2.24, 2.45) is 0 Å². The molecule has 0 fully saturated rings. The average molecular weight is 353 g/mol. The van der Waals surface area contributed by atoms with Gasteiger partial charge in [0.2, 0.25) is 0 Å². The highest BCUT2D eigenvalue weighted by molar-refractivity contribution is 9.10. The van der Waals surface area contributed by atoms with Crippen molar-refractivity contribution in [2.75, 3.05) is 7.11 Å². The van der Waals surface area contributed by atoms with Gasteiger partial charge in [0.25, 0.3) is 5.91 Å². The second kappa shape index (κ2) is 5.44. The number of hydrogen-bond donors (Lipinski definition) is 0. The van der Waals surface area contributed by atoms with Crippen molar-refractivity contribution in [3.8, 4) is 5.75 Å². The number of rotatable bonds is 3. The Morgan fingerprint density at radius 3 is 3.10 bits per heavy atom. The summed E-state index contributed by atoms with van der Waals surface area (Å²) in [5.41, 5.74) is 0.344. The van der Waals surface area contributed by atoms with Crippen molar-refractivity contribution in [3.63, 3.8) is 0 Å². The zero-order chi connectivity index (χ0) is 16.8. The number of amides is 1. The van der Waals surface area contributed by atoms with E-state index >= 15 is 0 Å². The van der Waals surface area contributed by atoms with Crippen LogP contribution in [0.25, 0.3) is 0 Å². The molecule has 0 radical (unpaired) electrons. The minimum atomic E-state index is -2.11. The fraction of sp³-hybridized carbons (Fsp3) is 0.200. The first-order valence-corrected chi connectivity index (χ1v) is 6.95. The molecule has 0 aliphatic carbocycles. The van der Waals surface area contributed by atoms with Gasteiger partial charge in [-0.3, -0.25) is 9.78 Å². The number of halogens is 2. The number of carbonyl (C=O) groups is 1. The molecular formula is C15H12BrFN2O2. The summed E-state index contributed by atoms with van der Waals surface area (Å²) in [5, 5.41) is 0. The van der Waals surface area contributed by atoms with Gasteiger partial charge >= 0.3 is 0 Å². The van der Waals surface area contributed by atoms with E-state index in [1.165, 1.54) is 25.4 Å². The summed E-state index contributed by atoms with van der Waals surface area (Å²) in [7, 11) is 1.39. The van der Waals surface area contributed by atoms with Gasteiger partial charge in [0, 0.05) is 16.2 Å². The summed E-state index contributed by atoms with van der Waals surface area (Å²) in [5.74, 6) is -0.865. The number of hydrogen-bond acceptors (Lipinski definition) is 3. The molecule has 0 N–H and O–H groups in total. The Morgan fingerprint density at radius 1 is 1.57 bits per heavy atom. The smallest absolute Gasteiger partial charge is 0.256 e. The molecule has 0 unspecified atom stereocenters. The van der Waals surface area contributed by atoms with Gasteiger partial charge in [0.15, 0.2) is 0 Å². The number of ether oxygens (including phenoxy) is 1. The van der Waals surface area contributed by atoms with Crippen LogP contribution in [0.15, 0.2) is 34.9 Å². The lowest BCUT2D eigenvalue weighted by Gasteiger charge is -2.18. The van der Waals surface area contributed by atoms with Crippen LogP contribution in [0.5, 0.6) is 5.75 Å². The van der Waals surface area contributed by atoms with E-state index in [1.54, 1.807) is 12.1 Å². The van der Waals surface area contributed by atoms with Gasteiger partial charge in [0.05, 0.1) is 34.2 Å². The molecule has 0 bridgehead atoms. The van der Waals surface area contributed by atoms with Gasteiger partial charge in [-0.05, 0) is 24.3 Å². The van der Waals surface area contributed by atoms with Crippen LogP contribution in [0.3, 0.4) is 0 Å². The summed E-state index contributed by atoms with van der Waals surface area (Å²) in [6.07, 6.45) is 1.42. The molecule has 2 heterocycles. The van der Waals surface area contributed by atoms with Crippen molar-refractivity contribution in [1.82, 2.24) is 9.88 Å². The summed E-state index contributed by atoms with van der Waals surface area (Å²) in [4.78, 5) is 17.4. The largest absolute Gasteiger partial charge is 0.496 e. The van der Waals surface area contributed by atoms with E-state index in [1.807, 2.05) is 0 Å². The number of nitrogens with zero attached hydrogens (tertiary/aromatic N) is 2. The number of aromatic nitrogens is 1. The molecule has 1 amide bonds. The van der Waals surface area contributed by atoms with E-state index < -0.39 is 18.2 Å². The van der Waals surface area contributed by atoms with Gasteiger partial charge < -0.3 is 9.64 Å². The van der Waals surface area contributed by atoms with Crippen LogP contribution < -0.4 is 4.74 Å². The number of fused-ring (bicyclic) bond motifs is 1. The first-order valence-electron chi connectivity index (χ1n) is 7.15. The SMILES string of the molecule is [2H]C1([2H])c2ncccc2C(=O)N1Cc1c(F)cc(Br)cc1OC. The molecule has 3 rings (SSSR count). The Labute approximate surface area is 132 Å². The highest BCUT2D eigenvalue weighted by Gasteiger charge is 2.29. The molecule has 0 atom stereocenters. The van der Waals surface area contributed by atoms with Gasteiger partial charge in [-0.15, -0.1) is 0 Å². The Morgan fingerprint density at radius 2 is 2.38 bits per heavy atom. The van der Waals surface area contributed by atoms with Gasteiger partial charge in [-0.25, -0.2) is 4.39 Å². The van der Waals surface area contributed by atoms with E-state index in [9.17, 15) is 9.18 Å². The highest BCUT2D eigenvalue weighted by atomic mass is 79.9. The first kappa shape index (κ1) is 11.7. The predicted octanol–water partition coefficient (Wildman–Crippen LogP) is 3.15. The second-order valence-electron chi connectivity index (χ2n) is 4.47. The third kappa shape index (κ3) is 2.51. The Bertz CT molecular complexity index is 801. The molecule has 1 aromatic heterocycles. The fourth-order valence-corrected chi connectivity index (χ4v) is 2.58. The number of pyridine rings is 1. The lowest BCUT2D eigenvalue weighted by Crippen LogP contribution is -2.24. The molecule has 0 spiro atoms. The molecule has 1 aliphatic rings. The van der Waals surface area contributed by atoms with Crippen LogP contribution in [0, 0.1) is 5.82 Å². The van der Waals surface area contributed by atoms with Crippen LogP contribution in [0.1, 0.15) is 24.4 Å². The summed E-state index contributed by atoms with van der Waals surface area (Å²) in [6.45, 7) is -2.37. The number of carbonyl (C=O) groups excluding carboxylic acids is 1. The molecule has 0 saturated heterocycles. The summed E-state index contributed by atoms with van der Waals surface area (Å²) < 4.78 is 36.3. The van der Waals surface area contributed by atoms with Gasteiger partial charge in [0.1, 0.15) is 11.6 Å². The minimum Gasteiger partial charge on any atom is -0.496 e. The van der Waals surface area contributed by atoms with Crippen LogP contribution in [-0.4, -0.2) is 22.9 Å². The van der Waals surface area contributed by atoms with E-state index in [-0.39, 0.29) is 29.1 Å². The molecule has 1 aromatic carbocycles. The minimum absolute atomic E-state index is 0.0430. The quantitative estimate of drug-likeness (QED) is 0.852. The Hall–Kier alpha value is -1.95. The summed E-state index contributed by atoms with van der Waals surface area (Å²) in [6, 6.07) is 5.90. The molecule has 0 saturated carbocycles. The molecule has 1 aliphatic heterocycles. The van der Waals surface area contributed by atoms with E-state index in [2.05, 4.69) is 20.9 Å². The zero-order valence-electron chi connectivity index (χ0n) is 13.1. The third-order valence-corrected chi connectivity index (χ3v) is 3.64. The topological polar surface area (TPSA) is 42.4 Å². The fourth-order valence-electron chi connectivity index (χ4n) is 2.18. The molecule has 2 aromatic rings. The van der Waals surface area contributed by atoms with Crippen LogP contribution in [-0.2, 0) is 13.0 Å². The maximum atomic E-state index is 14.3. The normalized spacial score (nSPS) is 17.3. The lowest BCUT2D eigenvalue weighted by atomic mass is 10.1. The lowest BCUT2D eigenvalue weighted by molar-refractivity contribution is 0.0763. The highest BCUT2D eigenvalue weighted by Crippen LogP contribution is 2.30. The van der Waals surface area contributed by atoms with E-state index in [4.69, 9.17) is 7.48 Å². The third-order valence-electron chi connectivity index (χ3n) is 3.18. The van der Waals surface area contributed by atoms with Crippen LogP contribution >= 0.6 is 15.9 Å². The molecule has 108 valence electrons. The Balaban J connectivity index is 2.04. The zero-order valence-corrected chi connectivity index (χ0v) is 12.6. The standard InChI is InChI=1S/C15H12BrFN2O2/c1-21-14-6-9(16)5-12(17)11(14)7-19-8-13-10(15(19)20)3-2-4-18-13/h2-6H,7-8H2,1H3/i8D2. The summed E-state index contributed by atoms with van der Waals surface area (Å²) >= 11 is 3.17. The monoisotopic (exact) mass is 352 g/mol. The van der Waals surface area contributed by atoms with Crippen molar-refractivity contribution in [3.05, 3.63) is 57.6 Å². The Kier molecular flexibility index (Phi) is 3.03. The van der Waals surface area contributed by atoms with Crippen molar-refractivity contribution >= 4 is 21.8 Å². The van der Waals surface area contributed by atoms with Crippen molar-refractivity contribution < 1.29 is 16.7 Å². The maximum absolute atomic E-state index is 14.3. The molecular weight excluding hydrogens is 339 g/mol. The second-order valence-corrected chi connectivity index (χ2v) is 5.39. The van der Waals surface area contributed by atoms with Gasteiger partial charge in [-0.2, -0.15) is 0 Å². The van der Waals surface area contributed by atoms with Crippen molar-refractivity contribution in [1.29, 1.82) is 0 Å². The molecule has 21 heavy (non-hydrogen) atoms. The van der Waals surface area contributed by atoms with Gasteiger partial charge in [-0.1, -0.05) is 15.9 Å². The van der Waals surface area contributed by atoms with E-state index in [0.29, 0.717) is 4.47 Å². The molecule has 6 heteroatoms. The average Bonchev–Trinajstić information content (AvgIpc) is 2.70. The predicted molar refractivity (Wildman–Crippen MR) is 78.5 cm³/mol. The molecule has 4 nitrogen and oxygen atoms in total. The number of benzene rings is 1.